The second-order valence-corrected chi connectivity index (χ2v) is 4.69. The van der Waals surface area contributed by atoms with Crippen LogP contribution in [0.15, 0.2) is 30.0 Å². The summed E-state index contributed by atoms with van der Waals surface area (Å²) in [6.07, 6.45) is 1.22. The van der Waals surface area contributed by atoms with E-state index in [1.54, 1.807) is 0 Å². The van der Waals surface area contributed by atoms with Crippen LogP contribution in [0.5, 0.6) is 34.5 Å². The van der Waals surface area contributed by atoms with Gasteiger partial charge in [-0.25, -0.2) is 0 Å². The van der Waals surface area contributed by atoms with Gasteiger partial charge >= 0.3 is 0 Å². The molecule has 0 saturated carbocycles. The van der Waals surface area contributed by atoms with Crippen LogP contribution in [-0.4, -0.2) is 31.3 Å². The summed E-state index contributed by atoms with van der Waals surface area (Å²) in [5.74, 6) is -3.25. The lowest BCUT2D eigenvalue weighted by atomic mass is 10.1. The lowest BCUT2D eigenvalue weighted by Crippen LogP contribution is -1.98. The average molecular weight is 302 g/mol. The molecule has 7 heteroatoms. The van der Waals surface area contributed by atoms with Crippen molar-refractivity contribution >= 4 is 11.9 Å². The second-order valence-electron chi connectivity index (χ2n) is 4.69. The minimum Gasteiger partial charge on any atom is -0.508 e. The molecule has 1 aliphatic rings. The summed E-state index contributed by atoms with van der Waals surface area (Å²) >= 11 is 0. The summed E-state index contributed by atoms with van der Waals surface area (Å²) in [5, 5.41) is 47.2. The fraction of sp³-hybridized carbons (Fsp3) is 0. The molecule has 0 amide bonds. The number of phenols is 5. The quantitative estimate of drug-likeness (QED) is 0.401. The number of benzene rings is 2. The van der Waals surface area contributed by atoms with Crippen molar-refractivity contribution in [2.75, 3.05) is 0 Å². The van der Waals surface area contributed by atoms with Gasteiger partial charge in [0.1, 0.15) is 22.8 Å². The predicted octanol–water partition coefficient (Wildman–Crippen LogP) is 1.83. The fourth-order valence-electron chi connectivity index (χ4n) is 2.14. The first-order valence-electron chi connectivity index (χ1n) is 6.12. The van der Waals surface area contributed by atoms with Gasteiger partial charge in [-0.15, -0.1) is 0 Å². The molecule has 0 aromatic heterocycles. The molecule has 0 unspecified atom stereocenters. The normalized spacial score (nSPS) is 14.9. The first kappa shape index (κ1) is 13.6. The lowest BCUT2D eigenvalue weighted by Gasteiger charge is -2.03. The Kier molecular flexibility index (Phi) is 2.84. The van der Waals surface area contributed by atoms with Crippen molar-refractivity contribution in [3.63, 3.8) is 0 Å². The Hall–Kier alpha value is -3.35. The Morgan fingerprint density at radius 1 is 0.864 bits per heavy atom. The van der Waals surface area contributed by atoms with Gasteiger partial charge in [0.25, 0.3) is 0 Å². The number of ketones is 1. The zero-order chi connectivity index (χ0) is 16.0. The highest BCUT2D eigenvalue weighted by Gasteiger charge is 2.31. The predicted molar refractivity (Wildman–Crippen MR) is 74.1 cm³/mol. The van der Waals surface area contributed by atoms with Gasteiger partial charge in [0.2, 0.25) is 5.78 Å². The average Bonchev–Trinajstić information content (AvgIpc) is 2.72. The molecule has 0 radical (unpaired) electrons. The summed E-state index contributed by atoms with van der Waals surface area (Å²) in [5.41, 5.74) is 0.115. The number of hydrogen-bond acceptors (Lipinski definition) is 7. The van der Waals surface area contributed by atoms with Crippen molar-refractivity contribution in [3.8, 4) is 34.5 Å². The lowest BCUT2D eigenvalue weighted by molar-refractivity contribution is 0.101. The number of aromatic hydroxyl groups is 5. The summed E-state index contributed by atoms with van der Waals surface area (Å²) in [6, 6.07) is 4.44. The maximum absolute atomic E-state index is 12.2. The number of hydrogen-bond donors (Lipinski definition) is 5. The van der Waals surface area contributed by atoms with Crippen LogP contribution >= 0.6 is 0 Å². The maximum Gasteiger partial charge on any atom is 0.235 e. The van der Waals surface area contributed by atoms with Gasteiger partial charge in [-0.2, -0.15) is 0 Å². The first-order valence-corrected chi connectivity index (χ1v) is 6.12. The van der Waals surface area contributed by atoms with Crippen LogP contribution in [0.25, 0.3) is 6.08 Å². The van der Waals surface area contributed by atoms with Crippen molar-refractivity contribution in [2.24, 2.45) is 0 Å². The van der Waals surface area contributed by atoms with Crippen LogP contribution in [0.3, 0.4) is 0 Å². The van der Waals surface area contributed by atoms with Crippen molar-refractivity contribution in [1.29, 1.82) is 0 Å². The topological polar surface area (TPSA) is 127 Å². The molecule has 7 nitrogen and oxygen atoms in total. The van der Waals surface area contributed by atoms with Crippen LogP contribution in [0.1, 0.15) is 15.9 Å². The number of carbonyl (C=O) groups excluding carboxylic acids is 1. The molecule has 0 atom stereocenters. The van der Waals surface area contributed by atoms with Gasteiger partial charge in [-0.1, -0.05) is 0 Å². The van der Waals surface area contributed by atoms with Gasteiger partial charge < -0.3 is 30.3 Å². The number of Topliss-reactive ketones (excluding diaryl/α,β-unsaturated/α-hetero) is 1. The Morgan fingerprint density at radius 3 is 2.14 bits per heavy atom. The van der Waals surface area contributed by atoms with E-state index in [0.717, 1.165) is 18.2 Å². The van der Waals surface area contributed by atoms with E-state index in [1.165, 1.54) is 12.1 Å². The standard InChI is InChI=1S/C15H10O7/c16-7-4-8(17)13-11(5-7)22-12(15(13)21)3-6-1-9(18)14(20)10(19)2-6/h1-5,16-20H/b12-3-. The van der Waals surface area contributed by atoms with Crippen LogP contribution < -0.4 is 4.74 Å². The summed E-state index contributed by atoms with van der Waals surface area (Å²) in [6.45, 7) is 0. The maximum atomic E-state index is 12.2. The van der Waals surface area contributed by atoms with E-state index in [2.05, 4.69) is 0 Å². The molecule has 0 spiro atoms. The minimum absolute atomic E-state index is 0.000900. The highest BCUT2D eigenvalue weighted by Crippen LogP contribution is 2.41. The Balaban J connectivity index is 2.05. The summed E-state index contributed by atoms with van der Waals surface area (Å²) < 4.78 is 5.26. The zero-order valence-electron chi connectivity index (χ0n) is 10.9. The third kappa shape index (κ3) is 2.05. The Bertz CT molecular complexity index is 813. The van der Waals surface area contributed by atoms with Crippen LogP contribution in [0, 0.1) is 0 Å². The Morgan fingerprint density at radius 2 is 1.50 bits per heavy atom. The van der Waals surface area contributed by atoms with Crippen LogP contribution in [0.4, 0.5) is 0 Å². The highest BCUT2D eigenvalue weighted by molar-refractivity contribution is 6.16. The number of carbonyl (C=O) groups is 1. The van der Waals surface area contributed by atoms with E-state index in [1.807, 2.05) is 0 Å². The van der Waals surface area contributed by atoms with Crippen molar-refractivity contribution in [1.82, 2.24) is 0 Å². The van der Waals surface area contributed by atoms with E-state index in [4.69, 9.17) is 4.74 Å². The van der Waals surface area contributed by atoms with Crippen LogP contribution in [-0.2, 0) is 0 Å². The van der Waals surface area contributed by atoms with E-state index in [-0.39, 0.29) is 28.4 Å². The molecular weight excluding hydrogens is 292 g/mol. The molecule has 0 fully saturated rings. The SMILES string of the molecule is O=C1/C(=C/c2cc(O)c(O)c(O)c2)Oc2cc(O)cc(O)c21. The molecule has 0 aliphatic carbocycles. The van der Waals surface area contributed by atoms with Gasteiger partial charge in [-0.3, -0.25) is 4.79 Å². The number of phenolic OH excluding ortho intramolecular Hbond substituents is 5. The number of fused-ring (bicyclic) bond motifs is 1. The van der Waals surface area contributed by atoms with E-state index < -0.39 is 28.8 Å². The van der Waals surface area contributed by atoms with Crippen molar-refractivity contribution in [2.45, 2.75) is 0 Å². The number of allylic oxidation sites excluding steroid dienone is 1. The molecule has 0 bridgehead atoms. The molecule has 1 aliphatic heterocycles. The minimum atomic E-state index is -0.674. The molecule has 3 rings (SSSR count). The van der Waals surface area contributed by atoms with Gasteiger partial charge in [0, 0.05) is 12.1 Å². The molecule has 5 N–H and O–H groups in total. The van der Waals surface area contributed by atoms with E-state index in [9.17, 15) is 30.3 Å². The number of ether oxygens (including phenoxy) is 1. The third-order valence-corrected chi connectivity index (χ3v) is 3.13. The fourth-order valence-corrected chi connectivity index (χ4v) is 2.14. The van der Waals surface area contributed by atoms with Crippen LogP contribution in [0.2, 0.25) is 0 Å². The molecule has 22 heavy (non-hydrogen) atoms. The van der Waals surface area contributed by atoms with Gasteiger partial charge in [0.05, 0.1) is 0 Å². The third-order valence-electron chi connectivity index (χ3n) is 3.13. The molecule has 1 heterocycles. The zero-order valence-corrected chi connectivity index (χ0v) is 10.9. The highest BCUT2D eigenvalue weighted by atomic mass is 16.5. The summed E-state index contributed by atoms with van der Waals surface area (Å²) in [7, 11) is 0. The van der Waals surface area contributed by atoms with E-state index in [0.29, 0.717) is 0 Å². The van der Waals surface area contributed by atoms with Gasteiger partial charge in [-0.05, 0) is 23.8 Å². The van der Waals surface area contributed by atoms with Gasteiger partial charge in [0.15, 0.2) is 23.0 Å². The molecule has 2 aromatic rings. The first-order chi connectivity index (χ1) is 10.4. The monoisotopic (exact) mass is 302 g/mol. The molecular formula is C15H10O7. The van der Waals surface area contributed by atoms with Crippen molar-refractivity contribution < 1.29 is 35.1 Å². The summed E-state index contributed by atoms with van der Waals surface area (Å²) in [4.78, 5) is 12.2. The van der Waals surface area contributed by atoms with Crippen molar-refractivity contribution in [3.05, 3.63) is 41.2 Å². The second kappa shape index (κ2) is 4.59. The number of rotatable bonds is 1. The van der Waals surface area contributed by atoms with E-state index >= 15 is 0 Å². The Labute approximate surface area is 123 Å². The molecule has 2 aromatic carbocycles. The molecule has 112 valence electrons. The smallest absolute Gasteiger partial charge is 0.235 e. The molecule has 0 saturated heterocycles. The largest absolute Gasteiger partial charge is 0.508 e.